The van der Waals surface area contributed by atoms with Crippen LogP contribution in [0.3, 0.4) is 0 Å². The summed E-state index contributed by atoms with van der Waals surface area (Å²) in [6.07, 6.45) is 2.14. The lowest BCUT2D eigenvalue weighted by atomic mass is 9.82. The number of benzene rings is 1. The summed E-state index contributed by atoms with van der Waals surface area (Å²) in [6.45, 7) is 2.89. The monoisotopic (exact) mass is 256 g/mol. The SMILES string of the molecule is CC(O)(CC1CCOCC1)c1cccc(F)c1F. The molecule has 0 bridgehead atoms. The smallest absolute Gasteiger partial charge is 0.164 e. The lowest BCUT2D eigenvalue weighted by molar-refractivity contribution is -0.00542. The fourth-order valence-electron chi connectivity index (χ4n) is 2.54. The van der Waals surface area contributed by atoms with Crippen LogP contribution in [0.2, 0.25) is 0 Å². The van der Waals surface area contributed by atoms with Crippen LogP contribution in [0.4, 0.5) is 8.78 Å². The van der Waals surface area contributed by atoms with Crippen LogP contribution in [0.1, 0.15) is 31.7 Å². The summed E-state index contributed by atoms with van der Waals surface area (Å²) >= 11 is 0. The van der Waals surface area contributed by atoms with Crippen molar-refractivity contribution in [2.75, 3.05) is 13.2 Å². The quantitative estimate of drug-likeness (QED) is 0.901. The zero-order valence-electron chi connectivity index (χ0n) is 10.5. The van der Waals surface area contributed by atoms with Gasteiger partial charge < -0.3 is 9.84 Å². The highest BCUT2D eigenvalue weighted by Crippen LogP contribution is 2.34. The van der Waals surface area contributed by atoms with E-state index < -0.39 is 17.2 Å². The average molecular weight is 256 g/mol. The highest BCUT2D eigenvalue weighted by atomic mass is 19.2. The Labute approximate surface area is 106 Å². The second kappa shape index (κ2) is 5.33. The summed E-state index contributed by atoms with van der Waals surface area (Å²) < 4.78 is 32.1. The molecule has 1 heterocycles. The summed E-state index contributed by atoms with van der Waals surface area (Å²) in [5.41, 5.74) is -1.30. The first kappa shape index (κ1) is 13.4. The van der Waals surface area contributed by atoms with Gasteiger partial charge in [-0.3, -0.25) is 0 Å². The minimum Gasteiger partial charge on any atom is -0.385 e. The third-order valence-corrected chi connectivity index (χ3v) is 3.56. The highest BCUT2D eigenvalue weighted by Gasteiger charge is 2.31. The molecule has 1 fully saturated rings. The second-order valence-corrected chi connectivity index (χ2v) is 5.14. The molecule has 18 heavy (non-hydrogen) atoms. The summed E-state index contributed by atoms with van der Waals surface area (Å²) in [5, 5.41) is 10.4. The van der Waals surface area contributed by atoms with Crippen LogP contribution in [0.15, 0.2) is 18.2 Å². The molecule has 2 rings (SSSR count). The van der Waals surface area contributed by atoms with Crippen molar-refractivity contribution in [3.63, 3.8) is 0 Å². The van der Waals surface area contributed by atoms with Gasteiger partial charge in [-0.25, -0.2) is 8.78 Å². The topological polar surface area (TPSA) is 29.5 Å². The molecule has 0 saturated carbocycles. The van der Waals surface area contributed by atoms with Crippen LogP contribution in [-0.2, 0) is 10.3 Å². The maximum atomic E-state index is 13.7. The van der Waals surface area contributed by atoms with E-state index in [-0.39, 0.29) is 11.5 Å². The molecule has 1 aromatic carbocycles. The van der Waals surface area contributed by atoms with Crippen molar-refractivity contribution in [2.45, 2.75) is 31.8 Å². The maximum Gasteiger partial charge on any atom is 0.164 e. The molecule has 0 amide bonds. The van der Waals surface area contributed by atoms with Crippen LogP contribution in [-0.4, -0.2) is 18.3 Å². The summed E-state index contributed by atoms with van der Waals surface area (Å²) in [5.74, 6) is -1.58. The van der Waals surface area contributed by atoms with E-state index in [9.17, 15) is 13.9 Å². The van der Waals surface area contributed by atoms with E-state index in [2.05, 4.69) is 0 Å². The van der Waals surface area contributed by atoms with Gasteiger partial charge in [-0.05, 0) is 38.2 Å². The zero-order valence-corrected chi connectivity index (χ0v) is 10.5. The van der Waals surface area contributed by atoms with Gasteiger partial charge in [0.1, 0.15) is 0 Å². The van der Waals surface area contributed by atoms with Crippen LogP contribution in [0.25, 0.3) is 0 Å². The number of ether oxygens (including phenoxy) is 1. The number of hydrogen-bond donors (Lipinski definition) is 1. The van der Waals surface area contributed by atoms with Gasteiger partial charge in [0.05, 0.1) is 5.60 Å². The molecule has 1 aliphatic heterocycles. The Morgan fingerprint density at radius 1 is 1.33 bits per heavy atom. The molecular weight excluding hydrogens is 238 g/mol. The van der Waals surface area contributed by atoms with Crippen molar-refractivity contribution in [3.05, 3.63) is 35.4 Å². The van der Waals surface area contributed by atoms with E-state index in [1.165, 1.54) is 12.1 Å². The van der Waals surface area contributed by atoms with E-state index >= 15 is 0 Å². The second-order valence-electron chi connectivity index (χ2n) is 5.14. The van der Waals surface area contributed by atoms with Gasteiger partial charge in [-0.2, -0.15) is 0 Å². The molecule has 0 radical (unpaired) electrons. The molecule has 1 atom stereocenters. The molecule has 0 aliphatic carbocycles. The summed E-state index contributed by atoms with van der Waals surface area (Å²) in [6, 6.07) is 3.92. The van der Waals surface area contributed by atoms with E-state index in [0.29, 0.717) is 19.6 Å². The first-order chi connectivity index (χ1) is 8.50. The van der Waals surface area contributed by atoms with Gasteiger partial charge in [-0.1, -0.05) is 12.1 Å². The minimum atomic E-state index is -1.34. The van der Waals surface area contributed by atoms with Crippen LogP contribution in [0, 0.1) is 17.6 Å². The highest BCUT2D eigenvalue weighted by molar-refractivity contribution is 5.24. The van der Waals surface area contributed by atoms with Gasteiger partial charge >= 0.3 is 0 Å². The molecule has 4 heteroatoms. The summed E-state index contributed by atoms with van der Waals surface area (Å²) in [7, 11) is 0. The van der Waals surface area contributed by atoms with Crippen LogP contribution in [0.5, 0.6) is 0 Å². The molecule has 1 unspecified atom stereocenters. The Morgan fingerprint density at radius 2 is 2.00 bits per heavy atom. The van der Waals surface area contributed by atoms with Crippen molar-refractivity contribution in [2.24, 2.45) is 5.92 Å². The molecule has 1 aromatic rings. The summed E-state index contributed by atoms with van der Waals surface area (Å²) in [4.78, 5) is 0. The minimum absolute atomic E-state index is 0.0361. The normalized spacial score (nSPS) is 20.7. The third-order valence-electron chi connectivity index (χ3n) is 3.56. The Balaban J connectivity index is 2.16. The number of hydrogen-bond acceptors (Lipinski definition) is 2. The molecular formula is C14H18F2O2. The largest absolute Gasteiger partial charge is 0.385 e. The van der Waals surface area contributed by atoms with Gasteiger partial charge in [0.2, 0.25) is 0 Å². The Bertz CT molecular complexity index is 412. The molecule has 0 spiro atoms. The molecule has 1 saturated heterocycles. The average Bonchev–Trinajstić information content (AvgIpc) is 2.33. The van der Waals surface area contributed by atoms with E-state index in [4.69, 9.17) is 4.74 Å². The van der Waals surface area contributed by atoms with Gasteiger partial charge in [-0.15, -0.1) is 0 Å². The lowest BCUT2D eigenvalue weighted by Gasteiger charge is -2.31. The number of rotatable bonds is 3. The Hall–Kier alpha value is -1.00. The van der Waals surface area contributed by atoms with E-state index in [1.54, 1.807) is 6.92 Å². The Morgan fingerprint density at radius 3 is 2.67 bits per heavy atom. The van der Waals surface area contributed by atoms with Crippen LogP contribution >= 0.6 is 0 Å². The predicted octanol–water partition coefficient (Wildman–Crippen LogP) is 2.99. The predicted molar refractivity (Wildman–Crippen MR) is 64.1 cm³/mol. The van der Waals surface area contributed by atoms with Crippen molar-refractivity contribution in [1.82, 2.24) is 0 Å². The maximum absolute atomic E-state index is 13.7. The van der Waals surface area contributed by atoms with E-state index in [0.717, 1.165) is 18.9 Å². The van der Waals surface area contributed by atoms with Gasteiger partial charge in [0.15, 0.2) is 11.6 Å². The lowest BCUT2D eigenvalue weighted by Crippen LogP contribution is -2.29. The first-order valence-electron chi connectivity index (χ1n) is 6.25. The van der Waals surface area contributed by atoms with Crippen molar-refractivity contribution in [1.29, 1.82) is 0 Å². The van der Waals surface area contributed by atoms with Crippen molar-refractivity contribution >= 4 is 0 Å². The fourth-order valence-corrected chi connectivity index (χ4v) is 2.54. The fraction of sp³-hybridized carbons (Fsp3) is 0.571. The van der Waals surface area contributed by atoms with Crippen molar-refractivity contribution in [3.8, 4) is 0 Å². The Kier molecular flexibility index (Phi) is 3.97. The molecule has 100 valence electrons. The van der Waals surface area contributed by atoms with Crippen LogP contribution < -0.4 is 0 Å². The number of aliphatic hydroxyl groups is 1. The number of halogens is 2. The third kappa shape index (κ3) is 2.87. The van der Waals surface area contributed by atoms with Gasteiger partial charge in [0, 0.05) is 18.8 Å². The molecule has 1 N–H and O–H groups in total. The van der Waals surface area contributed by atoms with Crippen molar-refractivity contribution < 1.29 is 18.6 Å². The molecule has 1 aliphatic rings. The molecule has 0 aromatic heterocycles. The zero-order chi connectivity index (χ0) is 13.2. The van der Waals surface area contributed by atoms with E-state index in [1.807, 2.05) is 0 Å². The molecule has 2 nitrogen and oxygen atoms in total. The standard InChI is InChI=1S/C14H18F2O2/c1-14(17,9-10-5-7-18-8-6-10)11-3-2-4-12(15)13(11)16/h2-4,10,17H,5-9H2,1H3. The van der Waals surface area contributed by atoms with Gasteiger partial charge in [0.25, 0.3) is 0 Å². The first-order valence-corrected chi connectivity index (χ1v) is 6.25.